The average molecular weight is 489 g/mol. The molecule has 35 heavy (non-hydrogen) atoms. The van der Waals surface area contributed by atoms with E-state index in [0.29, 0.717) is 26.3 Å². The van der Waals surface area contributed by atoms with Crippen LogP contribution in [-0.2, 0) is 16.1 Å². The lowest BCUT2D eigenvalue weighted by Gasteiger charge is -2.25. The molecule has 13 nitrogen and oxygen atoms in total. The molecule has 3 amide bonds. The Morgan fingerprint density at radius 2 is 1.91 bits per heavy atom. The Kier molecular flexibility index (Phi) is 6.78. The molecular weight excluding hydrogens is 460 g/mol. The number of morpholine rings is 1. The summed E-state index contributed by atoms with van der Waals surface area (Å²) in [6.07, 6.45) is 2.75. The highest BCUT2D eigenvalue weighted by Crippen LogP contribution is 2.28. The average Bonchev–Trinajstić information content (AvgIpc) is 3.54. The number of nitrogens with zero attached hydrogens (tertiary/aromatic N) is 4. The highest BCUT2D eigenvalue weighted by Gasteiger charge is 2.31. The smallest absolute Gasteiger partial charge is 0.410 e. The first-order chi connectivity index (χ1) is 16.7. The summed E-state index contributed by atoms with van der Waals surface area (Å²) < 4.78 is 7.48. The Labute approximate surface area is 200 Å². The summed E-state index contributed by atoms with van der Waals surface area (Å²) in [6, 6.07) is -0.0536. The second kappa shape index (κ2) is 9.78. The van der Waals surface area contributed by atoms with E-state index in [1.165, 1.54) is 16.7 Å². The Hall–Kier alpha value is -3.87. The van der Waals surface area contributed by atoms with Crippen LogP contribution in [0, 0.1) is 5.92 Å². The second-order valence-electron chi connectivity index (χ2n) is 8.95. The highest BCUT2D eigenvalue weighted by molar-refractivity contribution is 5.98. The summed E-state index contributed by atoms with van der Waals surface area (Å²) in [6.45, 7) is 5.60. The zero-order chi connectivity index (χ0) is 25.3. The summed E-state index contributed by atoms with van der Waals surface area (Å²) in [5.74, 6) is -1.83. The van der Waals surface area contributed by atoms with Crippen LogP contribution >= 0.6 is 0 Å². The Balaban J connectivity index is 1.88. The SMILES string of the molecule is CC(C)Cn1c(O)c(C(=O)NC2CC2)c(=O)n2nc(NC(=O)O)c(C=CC(=O)N3CCOCC3)c12. The maximum absolute atomic E-state index is 13.2. The minimum atomic E-state index is -1.43. The number of carbonyl (C=O) groups excluding carboxylic acids is 2. The van der Waals surface area contributed by atoms with Gasteiger partial charge in [0.2, 0.25) is 11.8 Å². The van der Waals surface area contributed by atoms with Crippen LogP contribution in [-0.4, -0.2) is 79.5 Å². The van der Waals surface area contributed by atoms with Crippen molar-refractivity contribution in [1.29, 1.82) is 0 Å². The van der Waals surface area contributed by atoms with E-state index in [0.717, 1.165) is 17.4 Å². The van der Waals surface area contributed by atoms with Gasteiger partial charge in [0.15, 0.2) is 17.0 Å². The van der Waals surface area contributed by atoms with Crippen LogP contribution < -0.4 is 16.2 Å². The van der Waals surface area contributed by atoms with E-state index < -0.39 is 29.0 Å². The first-order valence-electron chi connectivity index (χ1n) is 11.4. The number of fused-ring (bicyclic) bond motifs is 1. The van der Waals surface area contributed by atoms with Crippen molar-refractivity contribution >= 4 is 35.4 Å². The Morgan fingerprint density at radius 1 is 1.23 bits per heavy atom. The van der Waals surface area contributed by atoms with E-state index in [-0.39, 0.29) is 41.4 Å². The maximum Gasteiger partial charge on any atom is 0.410 e. The summed E-state index contributed by atoms with van der Waals surface area (Å²) in [5.41, 5.74) is -1.22. The predicted octanol–water partition coefficient (Wildman–Crippen LogP) is 0.712. The number of nitrogens with one attached hydrogen (secondary N) is 2. The number of carboxylic acid groups (broad SMARTS) is 1. The van der Waals surface area contributed by atoms with Gasteiger partial charge in [-0.25, -0.2) is 4.79 Å². The zero-order valence-corrected chi connectivity index (χ0v) is 19.5. The molecule has 0 spiro atoms. The number of aromatic hydroxyl groups is 1. The minimum Gasteiger partial charge on any atom is -0.494 e. The van der Waals surface area contributed by atoms with Gasteiger partial charge in [-0.3, -0.25) is 24.3 Å². The number of hydrogen-bond acceptors (Lipinski definition) is 7. The van der Waals surface area contributed by atoms with E-state index in [1.807, 2.05) is 13.8 Å². The molecule has 1 saturated heterocycles. The molecule has 4 N–H and O–H groups in total. The van der Waals surface area contributed by atoms with Crippen molar-refractivity contribution in [2.45, 2.75) is 39.3 Å². The van der Waals surface area contributed by atoms with Crippen molar-refractivity contribution in [2.75, 3.05) is 31.6 Å². The molecule has 0 aromatic carbocycles. The standard InChI is InChI=1S/C22H28N6O7/c1-12(2)11-27-19-14(5-6-15(29)26-7-9-35-10-8-26)17(24-22(33)34)25-28(19)21(32)16(20(27)31)18(30)23-13-3-4-13/h5-6,12-13,31H,3-4,7-11H2,1-2H3,(H,23,30)(H,24,25)(H,33,34). The third-order valence-corrected chi connectivity index (χ3v) is 5.67. The van der Waals surface area contributed by atoms with Crippen molar-refractivity contribution in [2.24, 2.45) is 5.92 Å². The summed E-state index contributed by atoms with van der Waals surface area (Å²) >= 11 is 0. The lowest BCUT2D eigenvalue weighted by Crippen LogP contribution is -2.39. The van der Waals surface area contributed by atoms with Crippen molar-refractivity contribution in [3.63, 3.8) is 0 Å². The molecule has 188 valence electrons. The molecule has 3 heterocycles. The van der Waals surface area contributed by atoms with E-state index in [4.69, 9.17) is 4.74 Å². The molecule has 2 aliphatic rings. The van der Waals surface area contributed by atoms with Crippen LogP contribution in [0.3, 0.4) is 0 Å². The lowest BCUT2D eigenvalue weighted by atomic mass is 10.2. The molecule has 0 bridgehead atoms. The van der Waals surface area contributed by atoms with Crippen molar-refractivity contribution in [3.05, 3.63) is 27.6 Å². The highest BCUT2D eigenvalue weighted by atomic mass is 16.5. The molecule has 4 rings (SSSR count). The minimum absolute atomic E-state index is 0.0239. The van der Waals surface area contributed by atoms with Gasteiger partial charge >= 0.3 is 6.09 Å². The van der Waals surface area contributed by atoms with Crippen LogP contribution in [0.15, 0.2) is 10.9 Å². The normalized spacial score (nSPS) is 16.3. The first kappa shape index (κ1) is 24.3. The van der Waals surface area contributed by atoms with Crippen molar-refractivity contribution in [1.82, 2.24) is 24.4 Å². The first-order valence-corrected chi connectivity index (χ1v) is 11.4. The van der Waals surface area contributed by atoms with Gasteiger partial charge in [-0.2, -0.15) is 4.52 Å². The third-order valence-electron chi connectivity index (χ3n) is 5.67. The number of ether oxygens (including phenoxy) is 1. The van der Waals surface area contributed by atoms with Crippen LogP contribution in [0.5, 0.6) is 5.88 Å². The fourth-order valence-electron chi connectivity index (χ4n) is 3.87. The number of anilines is 1. The predicted molar refractivity (Wildman–Crippen MR) is 125 cm³/mol. The zero-order valence-electron chi connectivity index (χ0n) is 19.5. The van der Waals surface area contributed by atoms with Gasteiger partial charge in [-0.15, -0.1) is 5.10 Å². The van der Waals surface area contributed by atoms with Crippen LogP contribution in [0.25, 0.3) is 11.7 Å². The molecule has 2 aromatic rings. The van der Waals surface area contributed by atoms with Crippen LogP contribution in [0.1, 0.15) is 42.6 Å². The molecule has 1 aliphatic heterocycles. The van der Waals surface area contributed by atoms with Gasteiger partial charge in [0.05, 0.1) is 18.8 Å². The number of amides is 3. The van der Waals surface area contributed by atoms with Crippen molar-refractivity contribution < 1.29 is 29.3 Å². The molecular formula is C22H28N6O7. The summed E-state index contributed by atoms with van der Waals surface area (Å²) in [5, 5.41) is 29.3. The summed E-state index contributed by atoms with van der Waals surface area (Å²) in [4.78, 5) is 51.7. The molecule has 2 fully saturated rings. The quantitative estimate of drug-likeness (QED) is 0.413. The third kappa shape index (κ3) is 5.14. The molecule has 2 aromatic heterocycles. The van der Waals surface area contributed by atoms with E-state index in [2.05, 4.69) is 15.7 Å². The number of aromatic nitrogens is 3. The molecule has 13 heteroatoms. The molecule has 0 radical (unpaired) electrons. The van der Waals surface area contributed by atoms with Crippen molar-refractivity contribution in [3.8, 4) is 5.88 Å². The molecule has 1 saturated carbocycles. The number of rotatable bonds is 7. The topological polar surface area (TPSA) is 168 Å². The van der Waals surface area contributed by atoms with Gasteiger partial charge in [0.1, 0.15) is 0 Å². The lowest BCUT2D eigenvalue weighted by molar-refractivity contribution is -0.129. The van der Waals surface area contributed by atoms with Crippen LogP contribution in [0.2, 0.25) is 0 Å². The molecule has 0 unspecified atom stereocenters. The maximum atomic E-state index is 13.2. The molecule has 0 atom stereocenters. The largest absolute Gasteiger partial charge is 0.494 e. The van der Waals surface area contributed by atoms with Gasteiger partial charge in [-0.1, -0.05) is 13.8 Å². The van der Waals surface area contributed by atoms with Gasteiger partial charge in [-0.05, 0) is 24.8 Å². The number of hydrogen-bond donors (Lipinski definition) is 4. The Morgan fingerprint density at radius 3 is 2.51 bits per heavy atom. The monoisotopic (exact) mass is 488 g/mol. The van der Waals surface area contributed by atoms with Crippen LogP contribution in [0.4, 0.5) is 10.6 Å². The summed E-state index contributed by atoms with van der Waals surface area (Å²) in [7, 11) is 0. The van der Waals surface area contributed by atoms with E-state index in [1.54, 1.807) is 4.90 Å². The van der Waals surface area contributed by atoms with Gasteiger partial charge in [0.25, 0.3) is 11.5 Å². The Bertz CT molecular complexity index is 1250. The van der Waals surface area contributed by atoms with E-state index in [9.17, 15) is 29.4 Å². The second-order valence-corrected chi connectivity index (χ2v) is 8.95. The number of carbonyl (C=O) groups is 3. The van der Waals surface area contributed by atoms with Gasteiger partial charge < -0.3 is 25.2 Å². The molecule has 1 aliphatic carbocycles. The van der Waals surface area contributed by atoms with E-state index >= 15 is 0 Å². The fourth-order valence-corrected chi connectivity index (χ4v) is 3.87. The van der Waals surface area contributed by atoms with Gasteiger partial charge in [0, 0.05) is 31.8 Å². The fraction of sp³-hybridized carbons (Fsp3) is 0.500.